The lowest BCUT2D eigenvalue weighted by atomic mass is 9.96. The number of likely N-dealkylation sites (N-methyl/N-ethyl adjacent to an activating group) is 1. The van der Waals surface area contributed by atoms with Gasteiger partial charge in [-0.3, -0.25) is 19.2 Å². The van der Waals surface area contributed by atoms with Crippen LogP contribution < -0.4 is 31.9 Å². The molecule has 0 saturated carbocycles. The van der Waals surface area contributed by atoms with Crippen LogP contribution in [0, 0.1) is 41.0 Å². The van der Waals surface area contributed by atoms with Crippen LogP contribution in [0.5, 0.6) is 5.75 Å². The first-order valence-electron chi connectivity index (χ1n) is 18.8. The molecule has 0 aromatic heterocycles. The van der Waals surface area contributed by atoms with Crippen LogP contribution in [0.4, 0.5) is 17.6 Å². The molecule has 0 aliphatic heterocycles. The van der Waals surface area contributed by atoms with E-state index in [-0.39, 0.29) is 30.7 Å². The molecule has 306 valence electrons. The SMILES string of the molecule is C=C(N[C@H](C(=O)N[C@@H](CCc1ccccc1)C(=O)N[C@H](CN[C@@H](C)C(=O)NC(C(=O)NCC)C(C)C)CC(C)C)[C@@H](C)CC)c1c(F)c(F)c(O)c(F)c1F. The van der Waals surface area contributed by atoms with Crippen molar-refractivity contribution in [2.75, 3.05) is 13.1 Å². The number of halogens is 4. The van der Waals surface area contributed by atoms with Gasteiger partial charge in [0.25, 0.3) is 0 Å². The Labute approximate surface area is 321 Å². The Hall–Kier alpha value is -4.66. The first kappa shape index (κ1) is 46.5. The van der Waals surface area contributed by atoms with Crippen LogP contribution in [0.25, 0.3) is 5.70 Å². The molecule has 0 saturated heterocycles. The van der Waals surface area contributed by atoms with Crippen molar-refractivity contribution in [3.8, 4) is 5.75 Å². The number of amides is 4. The van der Waals surface area contributed by atoms with Crippen molar-refractivity contribution in [2.24, 2.45) is 17.8 Å². The number of nitrogens with one attached hydrogen (secondary N) is 6. The molecule has 0 bridgehead atoms. The molecule has 2 aromatic carbocycles. The van der Waals surface area contributed by atoms with Gasteiger partial charge in [-0.2, -0.15) is 8.78 Å². The molecule has 2 aromatic rings. The van der Waals surface area contributed by atoms with Gasteiger partial charge in [-0.05, 0) is 56.4 Å². The molecule has 0 aliphatic carbocycles. The van der Waals surface area contributed by atoms with Crippen LogP contribution in [0.2, 0.25) is 0 Å². The van der Waals surface area contributed by atoms with Gasteiger partial charge in [0.1, 0.15) is 18.1 Å². The normalized spacial score (nSPS) is 14.7. The van der Waals surface area contributed by atoms with Crippen LogP contribution in [0.1, 0.15) is 85.8 Å². The Morgan fingerprint density at radius 1 is 0.745 bits per heavy atom. The van der Waals surface area contributed by atoms with Crippen molar-refractivity contribution in [2.45, 2.75) is 111 Å². The molecular formula is C40H58F4N6O5. The van der Waals surface area contributed by atoms with Crippen molar-refractivity contribution < 1.29 is 41.8 Å². The maximum Gasteiger partial charge on any atom is 0.243 e. The fourth-order valence-corrected chi connectivity index (χ4v) is 5.91. The second-order valence-electron chi connectivity index (χ2n) is 14.6. The number of carbonyl (C=O) groups is 4. The summed E-state index contributed by atoms with van der Waals surface area (Å²) in [6, 6.07) is 4.95. The molecule has 6 atom stereocenters. The third-order valence-electron chi connectivity index (χ3n) is 9.33. The van der Waals surface area contributed by atoms with Gasteiger partial charge in [0.05, 0.1) is 11.6 Å². The second-order valence-corrected chi connectivity index (χ2v) is 14.6. The first-order valence-corrected chi connectivity index (χ1v) is 18.8. The number of benzene rings is 2. The van der Waals surface area contributed by atoms with E-state index in [4.69, 9.17) is 0 Å². The zero-order valence-electron chi connectivity index (χ0n) is 33.0. The van der Waals surface area contributed by atoms with Gasteiger partial charge in [-0.25, -0.2) is 8.78 Å². The molecule has 0 spiro atoms. The van der Waals surface area contributed by atoms with Crippen LogP contribution >= 0.6 is 0 Å². The summed E-state index contributed by atoms with van der Waals surface area (Å²) < 4.78 is 57.9. The van der Waals surface area contributed by atoms with E-state index >= 15 is 0 Å². The smallest absolute Gasteiger partial charge is 0.243 e. The summed E-state index contributed by atoms with van der Waals surface area (Å²) in [7, 11) is 0. The van der Waals surface area contributed by atoms with E-state index < -0.39 is 94.1 Å². The highest BCUT2D eigenvalue weighted by Gasteiger charge is 2.33. The summed E-state index contributed by atoms with van der Waals surface area (Å²) in [5, 5.41) is 26.4. The molecule has 55 heavy (non-hydrogen) atoms. The van der Waals surface area contributed by atoms with E-state index in [1.54, 1.807) is 27.7 Å². The number of aromatic hydroxyl groups is 1. The zero-order chi connectivity index (χ0) is 41.6. The standard InChI is InChI=1S/C40H58F4N6O5/c1-10-23(7)35(47-24(8)29-30(41)32(43)36(51)33(44)31(29)42)40(55)49-28(18-17-26-15-13-12-14-16-26)38(53)48-27(19-21(3)4)20-46-25(9)37(52)50-34(22(5)6)39(54)45-11-2/h12-16,21-23,25,27-28,34-35,46-47,51H,8,10-11,17-20H2,1-7,9H3,(H,45,54)(H,48,53)(H,49,55)(H,50,52)/t23-,25-,27-,28-,34?,35-/m0/s1. The largest absolute Gasteiger partial charge is 0.503 e. The summed E-state index contributed by atoms with van der Waals surface area (Å²) in [6.07, 6.45) is 1.43. The van der Waals surface area contributed by atoms with Gasteiger partial charge in [-0.1, -0.05) is 84.9 Å². The van der Waals surface area contributed by atoms with Crippen molar-refractivity contribution in [1.82, 2.24) is 31.9 Å². The number of aryl methyl sites for hydroxylation is 1. The Kier molecular flexibility index (Phi) is 18.6. The van der Waals surface area contributed by atoms with Gasteiger partial charge in [-0.15, -0.1) is 0 Å². The number of hydrogen-bond donors (Lipinski definition) is 7. The van der Waals surface area contributed by atoms with E-state index in [0.717, 1.165) is 5.56 Å². The summed E-state index contributed by atoms with van der Waals surface area (Å²) in [4.78, 5) is 53.5. The van der Waals surface area contributed by atoms with Gasteiger partial charge in [0, 0.05) is 24.8 Å². The number of hydrogen-bond acceptors (Lipinski definition) is 7. The molecule has 0 fully saturated rings. The topological polar surface area (TPSA) is 161 Å². The van der Waals surface area contributed by atoms with E-state index in [0.29, 0.717) is 25.8 Å². The molecule has 4 amide bonds. The summed E-state index contributed by atoms with van der Waals surface area (Å²) in [5.41, 5.74) is -0.969. The summed E-state index contributed by atoms with van der Waals surface area (Å²) in [6.45, 7) is 18.6. The van der Waals surface area contributed by atoms with Gasteiger partial charge in [0.2, 0.25) is 35.3 Å². The fraction of sp³-hybridized carbons (Fsp3) is 0.550. The molecule has 1 unspecified atom stereocenters. The van der Waals surface area contributed by atoms with Crippen LogP contribution in [-0.4, -0.2) is 72.0 Å². The highest BCUT2D eigenvalue weighted by atomic mass is 19.2. The molecule has 0 heterocycles. The maximum absolute atomic E-state index is 14.7. The summed E-state index contributed by atoms with van der Waals surface area (Å²) in [5.74, 6) is -12.1. The van der Waals surface area contributed by atoms with Gasteiger partial charge < -0.3 is 37.0 Å². The molecule has 2 rings (SSSR count). The zero-order valence-corrected chi connectivity index (χ0v) is 33.0. The number of carbonyl (C=O) groups excluding carboxylic acids is 4. The minimum absolute atomic E-state index is 0.122. The van der Waals surface area contributed by atoms with Gasteiger partial charge >= 0.3 is 0 Å². The predicted octanol–water partition coefficient (Wildman–Crippen LogP) is 4.83. The molecule has 11 nitrogen and oxygen atoms in total. The quantitative estimate of drug-likeness (QED) is 0.0667. The van der Waals surface area contributed by atoms with Crippen LogP contribution in [0.15, 0.2) is 36.9 Å². The molecule has 15 heteroatoms. The Bertz CT molecular complexity index is 1600. The lowest BCUT2D eigenvalue weighted by Gasteiger charge is -2.30. The lowest BCUT2D eigenvalue weighted by molar-refractivity contribution is -0.131. The van der Waals surface area contributed by atoms with Crippen molar-refractivity contribution in [3.63, 3.8) is 0 Å². The molecule has 0 aliphatic rings. The van der Waals surface area contributed by atoms with Gasteiger partial charge in [0.15, 0.2) is 17.4 Å². The van der Waals surface area contributed by atoms with E-state index in [2.05, 4.69) is 38.5 Å². The Morgan fingerprint density at radius 3 is 1.87 bits per heavy atom. The average molecular weight is 779 g/mol. The number of phenols is 1. The third-order valence-corrected chi connectivity index (χ3v) is 9.33. The second kappa shape index (κ2) is 22.0. The maximum atomic E-state index is 14.7. The van der Waals surface area contributed by atoms with E-state index in [1.807, 2.05) is 58.0 Å². The van der Waals surface area contributed by atoms with E-state index in [1.165, 1.54) is 0 Å². The third kappa shape index (κ3) is 13.5. The fourth-order valence-electron chi connectivity index (χ4n) is 5.91. The molecule has 0 radical (unpaired) electrons. The van der Waals surface area contributed by atoms with E-state index in [9.17, 15) is 41.8 Å². The monoisotopic (exact) mass is 778 g/mol. The van der Waals surface area contributed by atoms with Crippen molar-refractivity contribution >= 4 is 29.3 Å². The highest BCUT2D eigenvalue weighted by molar-refractivity contribution is 5.91. The first-order chi connectivity index (χ1) is 25.8. The predicted molar refractivity (Wildman–Crippen MR) is 204 cm³/mol. The Balaban J connectivity index is 2.33. The minimum atomic E-state index is -2.02. The summed E-state index contributed by atoms with van der Waals surface area (Å²) >= 11 is 0. The van der Waals surface area contributed by atoms with Crippen LogP contribution in [0.3, 0.4) is 0 Å². The molecular weight excluding hydrogens is 720 g/mol. The Morgan fingerprint density at radius 2 is 1.35 bits per heavy atom. The highest BCUT2D eigenvalue weighted by Crippen LogP contribution is 2.32. The number of phenolic OH excluding ortho intramolecular Hbond substituents is 1. The minimum Gasteiger partial charge on any atom is -0.503 e. The average Bonchev–Trinajstić information content (AvgIpc) is 3.14. The lowest BCUT2D eigenvalue weighted by Crippen LogP contribution is -2.57. The van der Waals surface area contributed by atoms with Crippen molar-refractivity contribution in [3.05, 3.63) is 71.3 Å². The number of rotatable bonds is 22. The van der Waals surface area contributed by atoms with Crippen molar-refractivity contribution in [1.29, 1.82) is 0 Å². The van der Waals surface area contributed by atoms with Crippen LogP contribution in [-0.2, 0) is 25.6 Å². The molecule has 7 N–H and O–H groups in total.